The Labute approximate surface area is 112 Å². The van der Waals surface area contributed by atoms with Crippen molar-refractivity contribution in [1.82, 2.24) is 5.32 Å². The summed E-state index contributed by atoms with van der Waals surface area (Å²) in [5.74, 6) is -0.144. The molecule has 19 heavy (non-hydrogen) atoms. The minimum Gasteiger partial charge on any atom is -0.409 e. The number of carbonyl (C=O) groups is 1. The molecule has 1 aromatic carbocycles. The monoisotopic (exact) mass is 261 g/mol. The first-order valence-corrected chi connectivity index (χ1v) is 6.40. The summed E-state index contributed by atoms with van der Waals surface area (Å²) < 4.78 is 0. The van der Waals surface area contributed by atoms with Gasteiger partial charge in [-0.15, -0.1) is 0 Å². The fraction of sp³-hybridized carbons (Fsp3) is 0.429. The number of amidine groups is 1. The Hall–Kier alpha value is -2.04. The van der Waals surface area contributed by atoms with Gasteiger partial charge in [-0.3, -0.25) is 4.79 Å². The highest BCUT2D eigenvalue weighted by atomic mass is 16.4. The van der Waals surface area contributed by atoms with E-state index in [2.05, 4.69) is 10.5 Å². The number of oxime groups is 1. The van der Waals surface area contributed by atoms with Crippen molar-refractivity contribution in [1.29, 1.82) is 0 Å². The third-order valence-corrected chi connectivity index (χ3v) is 3.81. The molecule has 4 N–H and O–H groups in total. The predicted molar refractivity (Wildman–Crippen MR) is 72.7 cm³/mol. The van der Waals surface area contributed by atoms with Crippen molar-refractivity contribution in [2.24, 2.45) is 16.3 Å². The first-order chi connectivity index (χ1) is 9.08. The van der Waals surface area contributed by atoms with Crippen LogP contribution in [0.5, 0.6) is 0 Å². The van der Waals surface area contributed by atoms with Gasteiger partial charge in [-0.25, -0.2) is 0 Å². The van der Waals surface area contributed by atoms with Crippen LogP contribution in [-0.2, 0) is 11.3 Å². The fourth-order valence-corrected chi connectivity index (χ4v) is 2.28. The number of hydrogen-bond acceptors (Lipinski definition) is 3. The minimum absolute atomic E-state index is 0.0140. The van der Waals surface area contributed by atoms with Crippen LogP contribution < -0.4 is 11.1 Å². The predicted octanol–water partition coefficient (Wildman–Crippen LogP) is 1.53. The minimum atomic E-state index is -0.806. The van der Waals surface area contributed by atoms with E-state index in [0.29, 0.717) is 19.4 Å². The van der Waals surface area contributed by atoms with Gasteiger partial charge in [0.25, 0.3) is 0 Å². The number of carbonyl (C=O) groups excluding carboxylic acids is 1. The van der Waals surface area contributed by atoms with Crippen LogP contribution in [0.4, 0.5) is 0 Å². The van der Waals surface area contributed by atoms with Crippen molar-refractivity contribution in [2.45, 2.75) is 32.7 Å². The van der Waals surface area contributed by atoms with Crippen LogP contribution in [0.2, 0.25) is 0 Å². The third-order valence-electron chi connectivity index (χ3n) is 3.81. The number of nitrogens with one attached hydrogen (secondary N) is 1. The van der Waals surface area contributed by atoms with Gasteiger partial charge in [0.2, 0.25) is 5.91 Å². The zero-order valence-corrected chi connectivity index (χ0v) is 11.0. The van der Waals surface area contributed by atoms with Crippen molar-refractivity contribution in [3.05, 3.63) is 35.4 Å². The fourth-order valence-electron chi connectivity index (χ4n) is 2.28. The molecule has 0 radical (unpaired) electrons. The lowest BCUT2D eigenvalue weighted by Gasteiger charge is -2.38. The zero-order valence-electron chi connectivity index (χ0n) is 11.0. The summed E-state index contributed by atoms with van der Waals surface area (Å²) in [7, 11) is 0. The van der Waals surface area contributed by atoms with E-state index in [-0.39, 0.29) is 11.7 Å². The van der Waals surface area contributed by atoms with E-state index in [1.54, 1.807) is 0 Å². The van der Waals surface area contributed by atoms with Gasteiger partial charge in [0.05, 0.1) is 0 Å². The molecule has 1 aliphatic rings. The molecule has 1 aliphatic carbocycles. The molecule has 0 unspecified atom stereocenters. The molecule has 1 amide bonds. The lowest BCUT2D eigenvalue weighted by atomic mass is 9.67. The van der Waals surface area contributed by atoms with E-state index in [9.17, 15) is 4.79 Å². The molecule has 102 valence electrons. The van der Waals surface area contributed by atoms with Crippen LogP contribution in [0.25, 0.3) is 0 Å². The smallest absolute Gasteiger partial charge is 0.234 e. The number of rotatable bonds is 4. The third kappa shape index (κ3) is 2.54. The van der Waals surface area contributed by atoms with Crippen molar-refractivity contribution in [3.8, 4) is 0 Å². The Morgan fingerprint density at radius 2 is 2.05 bits per heavy atom. The number of nitrogens with zero attached hydrogens (tertiary/aromatic N) is 1. The van der Waals surface area contributed by atoms with Gasteiger partial charge in [-0.1, -0.05) is 41.4 Å². The molecule has 1 saturated carbocycles. The Balaban J connectivity index is 1.99. The molecular weight excluding hydrogens is 242 g/mol. The van der Waals surface area contributed by atoms with Gasteiger partial charge in [-0.2, -0.15) is 0 Å². The van der Waals surface area contributed by atoms with Crippen LogP contribution >= 0.6 is 0 Å². The molecule has 1 fully saturated rings. The highest BCUT2D eigenvalue weighted by molar-refractivity contribution is 6.07. The summed E-state index contributed by atoms with van der Waals surface area (Å²) >= 11 is 0. The molecule has 1 aromatic rings. The van der Waals surface area contributed by atoms with Gasteiger partial charge in [0.1, 0.15) is 5.41 Å². The standard InChI is InChI=1S/C14H19N3O2/c1-10-3-5-11(6-4-10)9-16-13(18)14(7-2-8-14)12(15)17-19/h3-6,19H,2,7-9H2,1H3,(H2,15,17)(H,16,18). The lowest BCUT2D eigenvalue weighted by molar-refractivity contribution is -0.131. The Morgan fingerprint density at radius 1 is 1.42 bits per heavy atom. The molecular formula is C14H19N3O2. The Kier molecular flexibility index (Phi) is 3.74. The summed E-state index contributed by atoms with van der Waals surface area (Å²) in [4.78, 5) is 12.2. The van der Waals surface area contributed by atoms with Crippen molar-refractivity contribution >= 4 is 11.7 Å². The number of hydrogen-bond donors (Lipinski definition) is 3. The molecule has 0 aliphatic heterocycles. The van der Waals surface area contributed by atoms with Gasteiger partial charge >= 0.3 is 0 Å². The van der Waals surface area contributed by atoms with Crippen LogP contribution in [-0.4, -0.2) is 17.0 Å². The quantitative estimate of drug-likeness (QED) is 0.332. The van der Waals surface area contributed by atoms with Crippen molar-refractivity contribution in [3.63, 3.8) is 0 Å². The maximum atomic E-state index is 12.2. The van der Waals surface area contributed by atoms with Crippen LogP contribution in [0.3, 0.4) is 0 Å². The van der Waals surface area contributed by atoms with Gasteiger partial charge in [0.15, 0.2) is 5.84 Å². The van der Waals surface area contributed by atoms with Crippen molar-refractivity contribution in [2.75, 3.05) is 0 Å². The Morgan fingerprint density at radius 3 is 2.53 bits per heavy atom. The van der Waals surface area contributed by atoms with E-state index < -0.39 is 5.41 Å². The average molecular weight is 261 g/mol. The molecule has 5 nitrogen and oxygen atoms in total. The second-order valence-electron chi connectivity index (χ2n) is 5.09. The van der Waals surface area contributed by atoms with Gasteiger partial charge in [0, 0.05) is 6.54 Å². The molecule has 0 saturated heterocycles. The number of nitrogens with two attached hydrogens (primary N) is 1. The summed E-state index contributed by atoms with van der Waals surface area (Å²) in [6, 6.07) is 7.97. The topological polar surface area (TPSA) is 87.7 Å². The second-order valence-corrected chi connectivity index (χ2v) is 5.09. The summed E-state index contributed by atoms with van der Waals surface area (Å²) in [6.45, 7) is 2.48. The van der Waals surface area contributed by atoms with E-state index in [1.807, 2.05) is 31.2 Å². The van der Waals surface area contributed by atoms with Gasteiger partial charge in [-0.05, 0) is 25.3 Å². The molecule has 0 spiro atoms. The van der Waals surface area contributed by atoms with E-state index in [4.69, 9.17) is 10.9 Å². The highest BCUT2D eigenvalue weighted by Crippen LogP contribution is 2.41. The Bertz CT molecular complexity index is 490. The maximum Gasteiger partial charge on any atom is 0.234 e. The van der Waals surface area contributed by atoms with Crippen LogP contribution in [0.1, 0.15) is 30.4 Å². The first-order valence-electron chi connectivity index (χ1n) is 6.40. The number of benzene rings is 1. The van der Waals surface area contributed by atoms with Crippen LogP contribution in [0.15, 0.2) is 29.4 Å². The molecule has 0 aromatic heterocycles. The van der Waals surface area contributed by atoms with E-state index in [0.717, 1.165) is 12.0 Å². The van der Waals surface area contributed by atoms with Crippen molar-refractivity contribution < 1.29 is 10.0 Å². The highest BCUT2D eigenvalue weighted by Gasteiger charge is 2.48. The lowest BCUT2D eigenvalue weighted by Crippen LogP contribution is -2.53. The number of amides is 1. The number of aryl methyl sites for hydroxylation is 1. The SMILES string of the molecule is Cc1ccc(CNC(=O)C2(/C(N)=N/O)CCC2)cc1. The maximum absolute atomic E-state index is 12.2. The van der Waals surface area contributed by atoms with Gasteiger partial charge < -0.3 is 16.3 Å². The summed E-state index contributed by atoms with van der Waals surface area (Å²) in [5, 5.41) is 14.7. The normalized spacial score (nSPS) is 17.6. The summed E-state index contributed by atoms with van der Waals surface area (Å²) in [5.41, 5.74) is 7.05. The van der Waals surface area contributed by atoms with E-state index in [1.165, 1.54) is 5.56 Å². The molecule has 0 heterocycles. The molecule has 5 heteroatoms. The van der Waals surface area contributed by atoms with E-state index >= 15 is 0 Å². The molecule has 0 atom stereocenters. The molecule has 2 rings (SSSR count). The van der Waals surface area contributed by atoms with Crippen LogP contribution in [0, 0.1) is 12.3 Å². The second kappa shape index (κ2) is 5.30. The summed E-state index contributed by atoms with van der Waals surface area (Å²) in [6.07, 6.45) is 2.21. The first kappa shape index (κ1) is 13.4. The average Bonchev–Trinajstić information content (AvgIpc) is 2.36. The molecule has 0 bridgehead atoms. The largest absolute Gasteiger partial charge is 0.409 e. The zero-order chi connectivity index (χ0) is 13.9.